The minimum atomic E-state index is -4.19. The van der Waals surface area contributed by atoms with Crippen LogP contribution in [0.15, 0.2) is 113 Å². The second-order valence-corrected chi connectivity index (χ2v) is 13.0. The van der Waals surface area contributed by atoms with Crippen molar-refractivity contribution in [3.05, 3.63) is 126 Å². The number of hydrogen-bond acceptors (Lipinski definition) is 5. The van der Waals surface area contributed by atoms with Crippen LogP contribution < -0.4 is 9.62 Å². The Balaban J connectivity index is 1.78. The summed E-state index contributed by atoms with van der Waals surface area (Å²) in [6.07, 6.45) is 2.10. The van der Waals surface area contributed by atoms with Crippen LogP contribution in [-0.4, -0.2) is 50.5 Å². The number of carbonyl (C=O) groups is 2. The predicted molar refractivity (Wildman–Crippen MR) is 174 cm³/mol. The molecule has 0 unspecified atom stereocenters. The van der Waals surface area contributed by atoms with Crippen LogP contribution in [0.25, 0.3) is 0 Å². The summed E-state index contributed by atoms with van der Waals surface area (Å²) in [5.41, 5.74) is 2.67. The lowest BCUT2D eigenvalue weighted by Gasteiger charge is -2.34. The van der Waals surface area contributed by atoms with Crippen LogP contribution in [0.2, 0.25) is 0 Å². The summed E-state index contributed by atoms with van der Waals surface area (Å²) < 4.78 is 43.0. The second kappa shape index (κ2) is 15.0. The number of anilines is 1. The monoisotopic (exact) mass is 633 g/mol. The van der Waals surface area contributed by atoms with Gasteiger partial charge in [0.15, 0.2) is 0 Å². The van der Waals surface area contributed by atoms with Crippen LogP contribution >= 0.6 is 11.8 Å². The minimum absolute atomic E-state index is 0.0298. The van der Waals surface area contributed by atoms with E-state index in [0.29, 0.717) is 17.8 Å². The molecule has 2 amide bonds. The molecule has 4 aromatic carbocycles. The highest BCUT2D eigenvalue weighted by Crippen LogP contribution is 2.27. The van der Waals surface area contributed by atoms with E-state index in [2.05, 4.69) is 5.32 Å². The van der Waals surface area contributed by atoms with Crippen LogP contribution in [0.1, 0.15) is 23.6 Å². The quantitative estimate of drug-likeness (QED) is 0.187. The normalized spacial score (nSPS) is 11.9. The molecule has 0 aliphatic heterocycles. The fourth-order valence-electron chi connectivity index (χ4n) is 4.75. The van der Waals surface area contributed by atoms with Gasteiger partial charge in [0.1, 0.15) is 18.4 Å². The van der Waals surface area contributed by atoms with Gasteiger partial charge < -0.3 is 10.2 Å². The summed E-state index contributed by atoms with van der Waals surface area (Å²) in [5, 5.41) is 2.83. The number of hydrogen-bond donors (Lipinski definition) is 1. The molecular formula is C34H36FN3O4S2. The van der Waals surface area contributed by atoms with Crippen LogP contribution in [0.3, 0.4) is 0 Å². The maximum atomic E-state index is 14.3. The highest BCUT2D eigenvalue weighted by Gasteiger charge is 2.34. The molecule has 4 rings (SSSR count). The number of carbonyl (C=O) groups excluding carboxylic acids is 2. The molecule has 0 saturated heterocycles. The molecule has 0 radical (unpaired) electrons. The van der Waals surface area contributed by atoms with Crippen molar-refractivity contribution in [1.29, 1.82) is 0 Å². The van der Waals surface area contributed by atoms with Gasteiger partial charge in [0.2, 0.25) is 11.8 Å². The first kappa shape index (κ1) is 32.8. The lowest BCUT2D eigenvalue weighted by Crippen LogP contribution is -2.53. The summed E-state index contributed by atoms with van der Waals surface area (Å²) in [6.45, 7) is 3.44. The largest absolute Gasteiger partial charge is 0.355 e. The first-order valence-corrected chi connectivity index (χ1v) is 16.9. The number of nitrogens with one attached hydrogen (secondary N) is 1. The van der Waals surface area contributed by atoms with Gasteiger partial charge in [0.05, 0.1) is 10.6 Å². The lowest BCUT2D eigenvalue weighted by atomic mass is 10.0. The van der Waals surface area contributed by atoms with Crippen molar-refractivity contribution in [2.45, 2.75) is 42.6 Å². The van der Waals surface area contributed by atoms with Gasteiger partial charge in [-0.15, -0.1) is 11.8 Å². The van der Waals surface area contributed by atoms with E-state index in [0.717, 1.165) is 20.3 Å². The van der Waals surface area contributed by atoms with Crippen LogP contribution in [-0.2, 0) is 32.6 Å². The molecule has 0 fully saturated rings. The molecular weight excluding hydrogens is 598 g/mol. The maximum absolute atomic E-state index is 14.3. The molecule has 0 saturated carbocycles. The Morgan fingerprint density at radius 1 is 0.864 bits per heavy atom. The zero-order valence-electron chi connectivity index (χ0n) is 24.9. The van der Waals surface area contributed by atoms with Gasteiger partial charge in [0.25, 0.3) is 10.0 Å². The highest BCUT2D eigenvalue weighted by atomic mass is 32.2. The fourth-order valence-corrected chi connectivity index (χ4v) is 6.57. The van der Waals surface area contributed by atoms with E-state index in [-0.39, 0.29) is 23.8 Å². The molecule has 1 N–H and O–H groups in total. The van der Waals surface area contributed by atoms with Gasteiger partial charge in [-0.2, -0.15) is 0 Å². The zero-order chi connectivity index (χ0) is 31.7. The highest BCUT2D eigenvalue weighted by molar-refractivity contribution is 7.98. The summed E-state index contributed by atoms with van der Waals surface area (Å²) in [7, 11) is -4.19. The predicted octanol–water partition coefficient (Wildman–Crippen LogP) is 5.83. The van der Waals surface area contributed by atoms with E-state index in [9.17, 15) is 22.4 Å². The van der Waals surface area contributed by atoms with Gasteiger partial charge in [-0.25, -0.2) is 12.8 Å². The fraction of sp³-hybridized carbons (Fsp3) is 0.235. The van der Waals surface area contributed by atoms with Crippen molar-refractivity contribution in [2.75, 3.05) is 23.7 Å². The Bertz CT molecular complexity index is 1650. The van der Waals surface area contributed by atoms with E-state index in [1.807, 2.05) is 43.5 Å². The second-order valence-electron chi connectivity index (χ2n) is 10.3. The van der Waals surface area contributed by atoms with Crippen molar-refractivity contribution in [3.63, 3.8) is 0 Å². The molecule has 0 spiro atoms. The van der Waals surface area contributed by atoms with E-state index >= 15 is 0 Å². The Morgan fingerprint density at radius 3 is 2.09 bits per heavy atom. The third-order valence-electron chi connectivity index (χ3n) is 7.14. The van der Waals surface area contributed by atoms with E-state index in [1.54, 1.807) is 55.5 Å². The smallest absolute Gasteiger partial charge is 0.264 e. The van der Waals surface area contributed by atoms with Gasteiger partial charge >= 0.3 is 0 Å². The average Bonchev–Trinajstić information content (AvgIpc) is 3.03. The molecule has 0 heterocycles. The van der Waals surface area contributed by atoms with Crippen molar-refractivity contribution in [2.24, 2.45) is 0 Å². The Labute approximate surface area is 263 Å². The molecule has 0 aliphatic carbocycles. The summed E-state index contributed by atoms with van der Waals surface area (Å²) in [4.78, 5) is 30.2. The van der Waals surface area contributed by atoms with E-state index in [4.69, 9.17) is 0 Å². The Morgan fingerprint density at radius 2 is 1.50 bits per heavy atom. The number of thioether (sulfide) groups is 1. The molecule has 44 heavy (non-hydrogen) atoms. The summed E-state index contributed by atoms with van der Waals surface area (Å²) in [5.74, 6) is -1.38. The number of nitrogens with zero attached hydrogens (tertiary/aromatic N) is 2. The molecule has 10 heteroatoms. The van der Waals surface area contributed by atoms with Gasteiger partial charge in [-0.05, 0) is 79.8 Å². The van der Waals surface area contributed by atoms with Crippen molar-refractivity contribution >= 4 is 39.3 Å². The third kappa shape index (κ3) is 8.27. The Hall–Kier alpha value is -4.15. The van der Waals surface area contributed by atoms with Gasteiger partial charge in [-0.3, -0.25) is 13.9 Å². The molecule has 7 nitrogen and oxygen atoms in total. The maximum Gasteiger partial charge on any atom is 0.264 e. The lowest BCUT2D eigenvalue weighted by molar-refractivity contribution is -0.140. The van der Waals surface area contributed by atoms with Crippen molar-refractivity contribution in [1.82, 2.24) is 10.2 Å². The minimum Gasteiger partial charge on any atom is -0.355 e. The summed E-state index contributed by atoms with van der Waals surface area (Å²) >= 11 is 1.49. The molecule has 1 atom stereocenters. The van der Waals surface area contributed by atoms with Crippen molar-refractivity contribution in [3.8, 4) is 0 Å². The number of benzene rings is 4. The summed E-state index contributed by atoms with van der Waals surface area (Å²) in [6, 6.07) is 27.4. The van der Waals surface area contributed by atoms with E-state index in [1.165, 1.54) is 40.9 Å². The topological polar surface area (TPSA) is 86.8 Å². The van der Waals surface area contributed by atoms with Gasteiger partial charge in [0, 0.05) is 24.4 Å². The molecule has 230 valence electrons. The molecule has 0 aliphatic rings. The average molecular weight is 634 g/mol. The first-order valence-electron chi connectivity index (χ1n) is 14.2. The number of sulfonamides is 1. The van der Waals surface area contributed by atoms with E-state index < -0.39 is 34.3 Å². The molecule has 4 aromatic rings. The molecule has 0 bridgehead atoms. The third-order valence-corrected chi connectivity index (χ3v) is 9.67. The van der Waals surface area contributed by atoms with Crippen LogP contribution in [0.4, 0.5) is 10.1 Å². The standard InChI is InChI=1S/C34H36FN3O4S2/c1-4-36-34(40)32(22-26-8-6-5-7-9-26)37(23-27-12-14-28(35)15-13-27)33(39)24-38(29-16-10-25(2)11-17-29)44(41,42)31-20-18-30(43-3)19-21-31/h5-21,32H,4,22-24H2,1-3H3,(H,36,40)/t32-/m1/s1. The number of amides is 2. The zero-order valence-corrected chi connectivity index (χ0v) is 26.6. The van der Waals surface area contributed by atoms with Crippen LogP contribution in [0.5, 0.6) is 0 Å². The number of rotatable bonds is 13. The Kier molecular flexibility index (Phi) is 11.2. The first-order chi connectivity index (χ1) is 21.1. The van der Waals surface area contributed by atoms with Gasteiger partial charge in [-0.1, -0.05) is 60.2 Å². The number of aryl methyl sites for hydroxylation is 1. The SMILES string of the molecule is CCNC(=O)[C@@H](Cc1ccccc1)N(Cc1ccc(F)cc1)C(=O)CN(c1ccc(C)cc1)S(=O)(=O)c1ccc(SC)cc1. The van der Waals surface area contributed by atoms with Crippen molar-refractivity contribution < 1.29 is 22.4 Å². The van der Waals surface area contributed by atoms with Crippen LogP contribution in [0, 0.1) is 12.7 Å². The molecule has 0 aromatic heterocycles. The number of halogens is 1. The number of likely N-dealkylation sites (N-methyl/N-ethyl adjacent to an activating group) is 1.